The first-order chi connectivity index (χ1) is 22.3. The largest absolute Gasteiger partial charge is 0.457 e. The molecule has 0 saturated carbocycles. The second-order valence-corrected chi connectivity index (χ2v) is 13.1. The van der Waals surface area contributed by atoms with Gasteiger partial charge in [0.2, 0.25) is 0 Å². The first-order valence-corrected chi connectivity index (χ1v) is 16.2. The van der Waals surface area contributed by atoms with Crippen LogP contribution >= 0.6 is 0 Å². The molecule has 0 aliphatic rings. The van der Waals surface area contributed by atoms with Gasteiger partial charge in [-0.25, -0.2) is 9.67 Å². The van der Waals surface area contributed by atoms with Gasteiger partial charge in [-0.1, -0.05) is 70.2 Å². The average Bonchev–Trinajstić information content (AvgIpc) is 3.64. The molecule has 0 radical (unpaired) electrons. The summed E-state index contributed by atoms with van der Waals surface area (Å²) in [5.41, 5.74) is 9.56. The summed E-state index contributed by atoms with van der Waals surface area (Å²) >= 11 is 0. The lowest BCUT2D eigenvalue weighted by atomic mass is 9.88. The zero-order chi connectivity index (χ0) is 31.8. The predicted molar refractivity (Wildman–Crippen MR) is 189 cm³/mol. The summed E-state index contributed by atoms with van der Waals surface area (Å²) < 4.78 is 10.7. The van der Waals surface area contributed by atoms with Gasteiger partial charge in [0.15, 0.2) is 0 Å². The minimum atomic E-state index is 0.575. The molecule has 0 atom stereocenters. The minimum Gasteiger partial charge on any atom is -0.457 e. The smallest absolute Gasteiger partial charge is 0.137 e. The van der Waals surface area contributed by atoms with Gasteiger partial charge in [-0.15, -0.1) is 0 Å². The third-order valence-electron chi connectivity index (χ3n) is 8.46. The van der Waals surface area contributed by atoms with Crippen LogP contribution in [0.1, 0.15) is 44.4 Å². The van der Waals surface area contributed by atoms with Gasteiger partial charge in [0.25, 0.3) is 0 Å². The molecule has 0 amide bonds. The normalized spacial score (nSPS) is 11.7. The average molecular weight is 605 g/mol. The summed E-state index contributed by atoms with van der Waals surface area (Å²) in [4.78, 5) is 4.72. The molecular formula is C41H40N4O. The SMILES string of the molecule is Cc1ccnc(-n2c3ccccc3c3ccc(Oc4cccc(-n5cc(-c6c(CC(C)C)cccc6CC(C)C)cn5)c4)cc32)c1. The van der Waals surface area contributed by atoms with Crippen molar-refractivity contribution in [2.45, 2.75) is 47.5 Å². The van der Waals surface area contributed by atoms with E-state index < -0.39 is 0 Å². The number of nitrogens with zero attached hydrogens (tertiary/aromatic N) is 4. The molecule has 4 aromatic carbocycles. The standard InChI is InChI=1S/C41H40N4O/c1-27(2)20-30-10-8-11-31(21-28(3)4)41(30)32-25-43-44(26-32)33-12-9-13-34(23-33)46-35-16-17-37-36-14-6-7-15-38(36)45(39(37)24-35)40-22-29(5)18-19-42-40/h6-19,22-28H,20-21H2,1-5H3. The molecule has 0 saturated heterocycles. The highest BCUT2D eigenvalue weighted by Crippen LogP contribution is 2.36. The highest BCUT2D eigenvalue weighted by Gasteiger charge is 2.17. The molecule has 230 valence electrons. The van der Waals surface area contributed by atoms with Crippen LogP contribution in [0.15, 0.2) is 116 Å². The van der Waals surface area contributed by atoms with Crippen LogP contribution in [0.2, 0.25) is 0 Å². The van der Waals surface area contributed by atoms with Crippen LogP contribution < -0.4 is 4.74 Å². The molecule has 3 aromatic heterocycles. The Morgan fingerprint density at radius 1 is 0.696 bits per heavy atom. The maximum atomic E-state index is 6.50. The molecule has 5 nitrogen and oxygen atoms in total. The fourth-order valence-corrected chi connectivity index (χ4v) is 6.57. The van der Waals surface area contributed by atoms with E-state index in [1.807, 2.05) is 47.4 Å². The van der Waals surface area contributed by atoms with Crippen molar-refractivity contribution in [3.63, 3.8) is 0 Å². The third kappa shape index (κ3) is 5.81. The predicted octanol–water partition coefficient (Wildman–Crippen LogP) is 10.5. The highest BCUT2D eigenvalue weighted by molar-refractivity contribution is 6.09. The zero-order valence-corrected chi connectivity index (χ0v) is 27.2. The third-order valence-corrected chi connectivity index (χ3v) is 8.46. The molecule has 7 aromatic rings. The Labute approximate surface area is 271 Å². The molecule has 0 N–H and O–H groups in total. The number of benzene rings is 4. The van der Waals surface area contributed by atoms with Crippen molar-refractivity contribution in [2.75, 3.05) is 0 Å². The van der Waals surface area contributed by atoms with Crippen LogP contribution in [-0.4, -0.2) is 19.3 Å². The zero-order valence-electron chi connectivity index (χ0n) is 27.2. The van der Waals surface area contributed by atoms with Crippen LogP contribution in [0.25, 0.3) is 44.4 Å². The molecule has 0 aliphatic carbocycles. The number of hydrogen-bond acceptors (Lipinski definition) is 3. The van der Waals surface area contributed by atoms with Gasteiger partial charge in [0.05, 0.1) is 22.9 Å². The monoisotopic (exact) mass is 604 g/mol. The van der Waals surface area contributed by atoms with E-state index in [1.54, 1.807) is 0 Å². The number of aryl methyl sites for hydroxylation is 1. The fraction of sp³-hybridized carbons (Fsp3) is 0.220. The Bertz CT molecular complexity index is 2140. The van der Waals surface area contributed by atoms with Gasteiger partial charge < -0.3 is 4.74 Å². The Kier molecular flexibility index (Phi) is 7.91. The van der Waals surface area contributed by atoms with Gasteiger partial charge >= 0.3 is 0 Å². The van der Waals surface area contributed by atoms with Crippen LogP contribution in [0.3, 0.4) is 0 Å². The van der Waals surface area contributed by atoms with Crippen LogP contribution in [0, 0.1) is 18.8 Å². The van der Waals surface area contributed by atoms with E-state index in [-0.39, 0.29) is 0 Å². The molecule has 0 aliphatic heterocycles. The summed E-state index contributed by atoms with van der Waals surface area (Å²) in [6, 6.07) is 33.8. The van der Waals surface area contributed by atoms with Crippen molar-refractivity contribution in [3.8, 4) is 34.1 Å². The summed E-state index contributed by atoms with van der Waals surface area (Å²) in [7, 11) is 0. The van der Waals surface area contributed by atoms with Gasteiger partial charge in [-0.05, 0) is 96.3 Å². The number of para-hydroxylation sites is 1. The van der Waals surface area contributed by atoms with Crippen molar-refractivity contribution in [2.24, 2.45) is 11.8 Å². The molecule has 0 spiro atoms. The van der Waals surface area contributed by atoms with Crippen LogP contribution in [0.4, 0.5) is 0 Å². The van der Waals surface area contributed by atoms with Crippen molar-refractivity contribution >= 4 is 21.8 Å². The lowest BCUT2D eigenvalue weighted by Gasteiger charge is -2.17. The minimum absolute atomic E-state index is 0.575. The number of fused-ring (bicyclic) bond motifs is 3. The van der Waals surface area contributed by atoms with E-state index in [9.17, 15) is 0 Å². The first-order valence-electron chi connectivity index (χ1n) is 16.2. The molecule has 0 fully saturated rings. The second-order valence-electron chi connectivity index (χ2n) is 13.1. The van der Waals surface area contributed by atoms with Gasteiger partial charge in [0, 0.05) is 40.9 Å². The lowest BCUT2D eigenvalue weighted by Crippen LogP contribution is -2.03. The Balaban J connectivity index is 1.23. The summed E-state index contributed by atoms with van der Waals surface area (Å²) in [5, 5.41) is 7.18. The molecule has 5 heteroatoms. The van der Waals surface area contributed by atoms with Crippen molar-refractivity contribution < 1.29 is 4.74 Å². The second kappa shape index (κ2) is 12.3. The molecule has 0 unspecified atom stereocenters. The molecular weight excluding hydrogens is 564 g/mol. The summed E-state index contributed by atoms with van der Waals surface area (Å²) in [6.07, 6.45) is 8.11. The van der Waals surface area contributed by atoms with E-state index in [4.69, 9.17) is 14.8 Å². The maximum Gasteiger partial charge on any atom is 0.137 e. The Hall–Kier alpha value is -5.16. The van der Waals surface area contributed by atoms with E-state index in [0.717, 1.165) is 52.4 Å². The number of rotatable bonds is 9. The maximum absolute atomic E-state index is 6.50. The van der Waals surface area contributed by atoms with Crippen LogP contribution in [-0.2, 0) is 12.8 Å². The van der Waals surface area contributed by atoms with Crippen molar-refractivity contribution in [3.05, 3.63) is 132 Å². The van der Waals surface area contributed by atoms with E-state index in [0.29, 0.717) is 11.8 Å². The quantitative estimate of drug-likeness (QED) is 0.165. The fourth-order valence-electron chi connectivity index (χ4n) is 6.57. The topological polar surface area (TPSA) is 44.9 Å². The number of aromatic nitrogens is 4. The first kappa shape index (κ1) is 29.5. The van der Waals surface area contributed by atoms with E-state index >= 15 is 0 Å². The molecule has 3 heterocycles. The molecule has 46 heavy (non-hydrogen) atoms. The lowest BCUT2D eigenvalue weighted by molar-refractivity contribution is 0.483. The molecule has 0 bridgehead atoms. The highest BCUT2D eigenvalue weighted by atomic mass is 16.5. The van der Waals surface area contributed by atoms with Gasteiger partial charge in [-0.3, -0.25) is 4.57 Å². The Morgan fingerprint density at radius 2 is 1.41 bits per heavy atom. The van der Waals surface area contributed by atoms with Crippen molar-refractivity contribution in [1.29, 1.82) is 0 Å². The summed E-state index contributed by atoms with van der Waals surface area (Å²) in [5.74, 6) is 3.57. The molecule has 7 rings (SSSR count). The number of ether oxygens (including phenoxy) is 1. The van der Waals surface area contributed by atoms with Crippen molar-refractivity contribution in [1.82, 2.24) is 19.3 Å². The van der Waals surface area contributed by atoms with Crippen LogP contribution in [0.5, 0.6) is 11.5 Å². The summed E-state index contributed by atoms with van der Waals surface area (Å²) in [6.45, 7) is 11.2. The Morgan fingerprint density at radius 3 is 2.17 bits per heavy atom. The van der Waals surface area contributed by atoms with E-state index in [1.165, 1.54) is 33.0 Å². The number of hydrogen-bond donors (Lipinski definition) is 0. The van der Waals surface area contributed by atoms with Gasteiger partial charge in [-0.2, -0.15) is 5.10 Å². The number of pyridine rings is 1. The van der Waals surface area contributed by atoms with E-state index in [2.05, 4.69) is 112 Å². The van der Waals surface area contributed by atoms with Gasteiger partial charge in [0.1, 0.15) is 17.3 Å².